The number of anilines is 1. The van der Waals surface area contributed by atoms with E-state index in [4.69, 9.17) is 16.6 Å². The Kier molecular flexibility index (Phi) is 5.10. The van der Waals surface area contributed by atoms with Gasteiger partial charge in [-0.05, 0) is 43.4 Å². The number of nitrogens with zero attached hydrogens (tertiary/aromatic N) is 3. The first-order chi connectivity index (χ1) is 13.0. The molecule has 0 unspecified atom stereocenters. The Morgan fingerprint density at radius 3 is 2.85 bits per heavy atom. The molecule has 2 N–H and O–H groups in total. The van der Waals surface area contributed by atoms with Gasteiger partial charge in [-0.2, -0.15) is 0 Å². The van der Waals surface area contributed by atoms with Crippen molar-refractivity contribution in [2.24, 2.45) is 5.92 Å². The number of benzene rings is 1. The number of hydrogen-bond donors (Lipinski definition) is 2. The van der Waals surface area contributed by atoms with Gasteiger partial charge in [0.2, 0.25) is 5.95 Å². The van der Waals surface area contributed by atoms with E-state index >= 15 is 0 Å². The number of rotatable bonds is 3. The first-order valence-electron chi connectivity index (χ1n) is 9.56. The minimum atomic E-state index is -0.0149. The van der Waals surface area contributed by atoms with E-state index in [0.717, 1.165) is 55.2 Å². The lowest BCUT2D eigenvalue weighted by atomic mass is 9.99. The topological polar surface area (TPSA) is 72.5 Å². The molecule has 6 nitrogen and oxygen atoms in total. The van der Waals surface area contributed by atoms with Crippen LogP contribution >= 0.6 is 11.6 Å². The highest BCUT2D eigenvalue weighted by Gasteiger charge is 2.24. The van der Waals surface area contributed by atoms with Gasteiger partial charge in [0.1, 0.15) is 5.75 Å². The highest BCUT2D eigenvalue weighted by atomic mass is 35.5. The SMILES string of the molecule is CC1CCN(c2nc3c(c(=O)[nH]2)CCN(Cc2cc(Cl)ccc2O)C3)CC1. The lowest BCUT2D eigenvalue weighted by Gasteiger charge is -2.32. The summed E-state index contributed by atoms with van der Waals surface area (Å²) in [4.78, 5) is 24.7. The zero-order valence-electron chi connectivity index (χ0n) is 15.5. The molecule has 2 aliphatic rings. The van der Waals surface area contributed by atoms with Gasteiger partial charge in [-0.25, -0.2) is 4.98 Å². The Labute approximate surface area is 163 Å². The van der Waals surface area contributed by atoms with Crippen LogP contribution in [0.3, 0.4) is 0 Å². The minimum absolute atomic E-state index is 0.0149. The molecular formula is C20H25ClN4O2. The van der Waals surface area contributed by atoms with Crippen molar-refractivity contribution in [3.63, 3.8) is 0 Å². The van der Waals surface area contributed by atoms with Crippen LogP contribution < -0.4 is 10.5 Å². The molecule has 1 fully saturated rings. The Bertz CT molecular complexity index is 890. The van der Waals surface area contributed by atoms with E-state index < -0.39 is 0 Å². The summed E-state index contributed by atoms with van der Waals surface area (Å²) in [5.74, 6) is 1.66. The first kappa shape index (κ1) is 18.3. The highest BCUT2D eigenvalue weighted by molar-refractivity contribution is 6.30. The number of aromatic amines is 1. The van der Waals surface area contributed by atoms with Gasteiger partial charge in [-0.15, -0.1) is 0 Å². The van der Waals surface area contributed by atoms with Crippen molar-refractivity contribution >= 4 is 17.5 Å². The molecule has 7 heteroatoms. The zero-order chi connectivity index (χ0) is 19.0. The summed E-state index contributed by atoms with van der Waals surface area (Å²) < 4.78 is 0. The third kappa shape index (κ3) is 3.96. The summed E-state index contributed by atoms with van der Waals surface area (Å²) in [5, 5.41) is 10.7. The van der Waals surface area contributed by atoms with Crippen LogP contribution in [0.1, 0.15) is 36.6 Å². The summed E-state index contributed by atoms with van der Waals surface area (Å²) in [6, 6.07) is 5.09. The average Bonchev–Trinajstić information content (AvgIpc) is 2.65. The monoisotopic (exact) mass is 388 g/mol. The number of aromatic hydroxyl groups is 1. The predicted octanol–water partition coefficient (Wildman–Crippen LogP) is 2.92. The molecule has 0 bridgehead atoms. The predicted molar refractivity (Wildman–Crippen MR) is 106 cm³/mol. The van der Waals surface area contributed by atoms with Crippen LogP contribution in [0.5, 0.6) is 5.75 Å². The zero-order valence-corrected chi connectivity index (χ0v) is 16.3. The van der Waals surface area contributed by atoms with Gasteiger partial charge in [0.05, 0.1) is 5.69 Å². The molecule has 0 atom stereocenters. The van der Waals surface area contributed by atoms with Crippen LogP contribution in [-0.2, 0) is 19.5 Å². The Morgan fingerprint density at radius 2 is 2.07 bits per heavy atom. The second-order valence-corrected chi connectivity index (χ2v) is 8.15. The van der Waals surface area contributed by atoms with Crippen LogP contribution in [0.2, 0.25) is 5.02 Å². The van der Waals surface area contributed by atoms with Crippen LogP contribution in [0.15, 0.2) is 23.0 Å². The first-order valence-corrected chi connectivity index (χ1v) is 9.94. The fourth-order valence-corrected chi connectivity index (χ4v) is 4.10. The summed E-state index contributed by atoms with van der Waals surface area (Å²) in [5.41, 5.74) is 2.41. The largest absolute Gasteiger partial charge is 0.508 e. The molecule has 27 heavy (non-hydrogen) atoms. The Balaban J connectivity index is 1.54. The van der Waals surface area contributed by atoms with Crippen molar-refractivity contribution < 1.29 is 5.11 Å². The second kappa shape index (κ2) is 7.52. The van der Waals surface area contributed by atoms with Crippen LogP contribution in [-0.4, -0.2) is 39.6 Å². The summed E-state index contributed by atoms with van der Waals surface area (Å²) in [7, 11) is 0. The number of halogens is 1. The molecule has 2 aromatic rings. The van der Waals surface area contributed by atoms with Crippen molar-refractivity contribution in [1.29, 1.82) is 0 Å². The van der Waals surface area contributed by atoms with Crippen LogP contribution in [0, 0.1) is 5.92 Å². The van der Waals surface area contributed by atoms with E-state index in [2.05, 4.69) is 21.7 Å². The van der Waals surface area contributed by atoms with E-state index in [-0.39, 0.29) is 11.3 Å². The molecule has 0 spiro atoms. The maximum absolute atomic E-state index is 12.6. The Morgan fingerprint density at radius 1 is 1.30 bits per heavy atom. The van der Waals surface area contributed by atoms with E-state index in [0.29, 0.717) is 30.5 Å². The van der Waals surface area contributed by atoms with E-state index in [1.54, 1.807) is 18.2 Å². The fourth-order valence-electron chi connectivity index (χ4n) is 3.91. The van der Waals surface area contributed by atoms with Crippen molar-refractivity contribution in [2.45, 2.75) is 39.3 Å². The molecule has 0 amide bonds. The molecule has 0 saturated carbocycles. The average molecular weight is 389 g/mol. The standard InChI is InChI=1S/C20H25ClN4O2/c1-13-4-8-25(9-5-13)20-22-17-12-24(7-6-16(17)19(27)23-20)11-14-10-15(21)2-3-18(14)26/h2-3,10,13,26H,4-9,11-12H2,1H3,(H,22,23,27). The third-order valence-corrected chi connectivity index (χ3v) is 5.89. The number of hydrogen-bond acceptors (Lipinski definition) is 5. The lowest BCUT2D eigenvalue weighted by molar-refractivity contribution is 0.237. The number of piperidine rings is 1. The lowest BCUT2D eigenvalue weighted by Crippen LogP contribution is -2.39. The van der Waals surface area contributed by atoms with Gasteiger partial charge in [0.15, 0.2) is 0 Å². The van der Waals surface area contributed by atoms with Gasteiger partial charge in [0.25, 0.3) is 5.56 Å². The van der Waals surface area contributed by atoms with Crippen molar-refractivity contribution in [3.8, 4) is 5.75 Å². The number of fused-ring (bicyclic) bond motifs is 1. The van der Waals surface area contributed by atoms with Gasteiger partial charge >= 0.3 is 0 Å². The Hall–Kier alpha value is -2.05. The van der Waals surface area contributed by atoms with Crippen molar-refractivity contribution in [1.82, 2.24) is 14.9 Å². The number of H-pyrrole nitrogens is 1. The molecule has 0 aliphatic carbocycles. The molecular weight excluding hydrogens is 364 g/mol. The minimum Gasteiger partial charge on any atom is -0.508 e. The second-order valence-electron chi connectivity index (χ2n) is 7.72. The van der Waals surface area contributed by atoms with Crippen molar-refractivity contribution in [3.05, 3.63) is 50.4 Å². The fraction of sp³-hybridized carbons (Fsp3) is 0.500. The number of phenolic OH excluding ortho intramolecular Hbond substituents is 1. The van der Waals surface area contributed by atoms with Crippen LogP contribution in [0.25, 0.3) is 0 Å². The highest BCUT2D eigenvalue weighted by Crippen LogP contribution is 2.26. The molecule has 1 saturated heterocycles. The molecule has 1 aromatic heterocycles. The summed E-state index contributed by atoms with van der Waals surface area (Å²) in [6.45, 7) is 6.07. The maximum atomic E-state index is 12.6. The summed E-state index contributed by atoms with van der Waals surface area (Å²) >= 11 is 6.06. The van der Waals surface area contributed by atoms with Gasteiger partial charge in [-0.1, -0.05) is 18.5 Å². The van der Waals surface area contributed by atoms with Gasteiger partial charge < -0.3 is 10.0 Å². The smallest absolute Gasteiger partial charge is 0.255 e. The summed E-state index contributed by atoms with van der Waals surface area (Å²) in [6.07, 6.45) is 2.91. The number of phenols is 1. The molecule has 4 rings (SSSR count). The molecule has 144 valence electrons. The van der Waals surface area contributed by atoms with Gasteiger partial charge in [-0.3, -0.25) is 14.7 Å². The normalized spacial score (nSPS) is 18.5. The number of aromatic nitrogens is 2. The third-order valence-electron chi connectivity index (χ3n) is 5.66. The van der Waals surface area contributed by atoms with E-state index in [9.17, 15) is 9.90 Å². The molecule has 0 radical (unpaired) electrons. The van der Waals surface area contributed by atoms with Crippen LogP contribution in [0.4, 0.5) is 5.95 Å². The quantitative estimate of drug-likeness (QED) is 0.845. The maximum Gasteiger partial charge on any atom is 0.255 e. The molecule has 1 aromatic carbocycles. The van der Waals surface area contributed by atoms with Gasteiger partial charge in [0, 0.05) is 48.9 Å². The molecule has 2 aliphatic heterocycles. The van der Waals surface area contributed by atoms with E-state index in [1.165, 1.54) is 0 Å². The molecule has 3 heterocycles. The van der Waals surface area contributed by atoms with Crippen molar-refractivity contribution in [2.75, 3.05) is 24.5 Å². The van der Waals surface area contributed by atoms with E-state index in [1.807, 2.05) is 0 Å². The number of nitrogens with one attached hydrogen (secondary N) is 1.